The van der Waals surface area contributed by atoms with Gasteiger partial charge in [0.15, 0.2) is 0 Å². The molecule has 142 valence electrons. The molecule has 0 aliphatic carbocycles. The first-order valence-corrected chi connectivity index (χ1v) is 9.20. The quantitative estimate of drug-likeness (QED) is 0.765. The van der Waals surface area contributed by atoms with Gasteiger partial charge in [-0.25, -0.2) is 4.79 Å². The minimum absolute atomic E-state index is 0.0703. The first-order valence-electron chi connectivity index (χ1n) is 9.20. The van der Waals surface area contributed by atoms with Crippen LogP contribution in [0.2, 0.25) is 0 Å². The highest BCUT2D eigenvalue weighted by Crippen LogP contribution is 2.25. The number of hydrogen-bond acceptors (Lipinski definition) is 3. The molecule has 1 aromatic carbocycles. The number of nitrogens with zero attached hydrogens (tertiary/aromatic N) is 1. The summed E-state index contributed by atoms with van der Waals surface area (Å²) >= 11 is 0. The third kappa shape index (κ3) is 4.47. The van der Waals surface area contributed by atoms with Crippen molar-refractivity contribution in [2.45, 2.75) is 59.1 Å². The number of anilines is 1. The van der Waals surface area contributed by atoms with Crippen molar-refractivity contribution in [1.29, 1.82) is 0 Å². The maximum atomic E-state index is 13.0. The molecule has 0 fully saturated rings. The van der Waals surface area contributed by atoms with Gasteiger partial charge in [0.25, 0.3) is 0 Å². The van der Waals surface area contributed by atoms with Crippen LogP contribution in [-0.4, -0.2) is 23.7 Å². The number of rotatable bonds is 7. The molecule has 1 aromatic heterocycles. The number of carbonyl (C=O) groups excluding carboxylic acids is 1. The average Bonchev–Trinajstić information content (AvgIpc) is 3.16. The zero-order chi connectivity index (χ0) is 19.3. The fourth-order valence-electron chi connectivity index (χ4n) is 3.03. The van der Waals surface area contributed by atoms with Gasteiger partial charge >= 0.3 is 6.03 Å². The van der Waals surface area contributed by atoms with Crippen molar-refractivity contribution in [2.75, 3.05) is 11.4 Å². The molecule has 0 aliphatic rings. The van der Waals surface area contributed by atoms with E-state index in [2.05, 4.69) is 26.1 Å². The van der Waals surface area contributed by atoms with Gasteiger partial charge in [0.05, 0.1) is 12.8 Å². The van der Waals surface area contributed by atoms with Crippen molar-refractivity contribution in [2.24, 2.45) is 0 Å². The third-order valence-electron chi connectivity index (χ3n) is 4.93. The van der Waals surface area contributed by atoms with Crippen LogP contribution in [0, 0.1) is 13.8 Å². The maximum Gasteiger partial charge on any atom is 0.322 e. The number of furan rings is 1. The minimum atomic E-state index is -1.26. The SMILES string of the molecule is CCC(CC)N(C(=O)NCC(C)(O)c1ccco1)c1ccc(C)c(C)c1. The molecule has 5 heteroatoms. The van der Waals surface area contributed by atoms with Crippen LogP contribution in [0.4, 0.5) is 10.5 Å². The lowest BCUT2D eigenvalue weighted by atomic mass is 10.0. The number of aryl methyl sites for hydroxylation is 2. The fourth-order valence-corrected chi connectivity index (χ4v) is 3.03. The van der Waals surface area contributed by atoms with Gasteiger partial charge in [0, 0.05) is 11.7 Å². The molecule has 1 heterocycles. The third-order valence-corrected chi connectivity index (χ3v) is 4.93. The number of aliphatic hydroxyl groups is 1. The summed E-state index contributed by atoms with van der Waals surface area (Å²) in [7, 11) is 0. The Morgan fingerprint density at radius 3 is 2.46 bits per heavy atom. The molecule has 0 saturated heterocycles. The predicted molar refractivity (Wildman–Crippen MR) is 104 cm³/mol. The van der Waals surface area contributed by atoms with Gasteiger partial charge in [-0.2, -0.15) is 0 Å². The molecular formula is C21H30N2O3. The van der Waals surface area contributed by atoms with E-state index >= 15 is 0 Å². The molecule has 2 aromatic rings. The number of urea groups is 1. The highest BCUT2D eigenvalue weighted by atomic mass is 16.4. The normalized spacial score (nSPS) is 13.5. The van der Waals surface area contributed by atoms with E-state index in [1.165, 1.54) is 11.8 Å². The van der Waals surface area contributed by atoms with E-state index in [1.807, 2.05) is 25.1 Å². The first kappa shape index (κ1) is 20.0. The molecule has 0 aliphatic heterocycles. The van der Waals surface area contributed by atoms with Crippen molar-refractivity contribution >= 4 is 11.7 Å². The molecule has 0 spiro atoms. The van der Waals surface area contributed by atoms with E-state index < -0.39 is 5.60 Å². The van der Waals surface area contributed by atoms with Crippen molar-refractivity contribution in [3.05, 3.63) is 53.5 Å². The maximum absolute atomic E-state index is 13.0. The second kappa shape index (κ2) is 8.41. The Morgan fingerprint density at radius 1 is 1.23 bits per heavy atom. The van der Waals surface area contributed by atoms with Gasteiger partial charge in [-0.05, 0) is 69.0 Å². The number of hydrogen-bond donors (Lipinski definition) is 2. The Hall–Kier alpha value is -2.27. The Morgan fingerprint density at radius 2 is 1.92 bits per heavy atom. The lowest BCUT2D eigenvalue weighted by Gasteiger charge is -2.32. The Labute approximate surface area is 156 Å². The smallest absolute Gasteiger partial charge is 0.322 e. The van der Waals surface area contributed by atoms with Gasteiger partial charge in [0.2, 0.25) is 0 Å². The first-order chi connectivity index (χ1) is 12.3. The second-order valence-electron chi connectivity index (χ2n) is 7.02. The zero-order valence-electron chi connectivity index (χ0n) is 16.4. The van der Waals surface area contributed by atoms with E-state index in [9.17, 15) is 9.90 Å². The summed E-state index contributed by atoms with van der Waals surface area (Å²) in [6, 6.07) is 9.35. The van der Waals surface area contributed by atoms with Crippen LogP contribution in [0.5, 0.6) is 0 Å². The van der Waals surface area contributed by atoms with Crippen molar-refractivity contribution in [3.63, 3.8) is 0 Å². The lowest BCUT2D eigenvalue weighted by molar-refractivity contribution is 0.0369. The van der Waals surface area contributed by atoms with Crippen LogP contribution in [0.3, 0.4) is 0 Å². The summed E-state index contributed by atoms with van der Waals surface area (Å²) in [5, 5.41) is 13.5. The van der Waals surface area contributed by atoms with Crippen molar-refractivity contribution < 1.29 is 14.3 Å². The summed E-state index contributed by atoms with van der Waals surface area (Å²) in [6.45, 7) is 9.96. The van der Waals surface area contributed by atoms with Crippen LogP contribution in [0.25, 0.3) is 0 Å². The Bertz CT molecular complexity index is 719. The summed E-state index contributed by atoms with van der Waals surface area (Å²) in [5.74, 6) is 0.429. The van der Waals surface area contributed by atoms with Crippen LogP contribution in [-0.2, 0) is 5.60 Å². The average molecular weight is 358 g/mol. The molecule has 1 atom stereocenters. The topological polar surface area (TPSA) is 65.7 Å². The van der Waals surface area contributed by atoms with Crippen molar-refractivity contribution in [1.82, 2.24) is 5.32 Å². The number of carbonyl (C=O) groups is 1. The van der Waals surface area contributed by atoms with E-state index in [0.717, 1.165) is 24.1 Å². The largest absolute Gasteiger partial charge is 0.466 e. The van der Waals surface area contributed by atoms with Crippen LogP contribution >= 0.6 is 0 Å². The van der Waals surface area contributed by atoms with Crippen LogP contribution in [0.15, 0.2) is 41.0 Å². The highest BCUT2D eigenvalue weighted by Gasteiger charge is 2.29. The molecule has 2 N–H and O–H groups in total. The number of nitrogens with one attached hydrogen (secondary N) is 1. The van der Waals surface area contributed by atoms with Crippen molar-refractivity contribution in [3.8, 4) is 0 Å². The summed E-state index contributed by atoms with van der Waals surface area (Å²) in [6.07, 6.45) is 3.22. The van der Waals surface area contributed by atoms with E-state index in [4.69, 9.17) is 4.42 Å². The zero-order valence-corrected chi connectivity index (χ0v) is 16.4. The van der Waals surface area contributed by atoms with Gasteiger partial charge in [0.1, 0.15) is 11.4 Å². The number of amides is 2. The van der Waals surface area contributed by atoms with E-state index in [0.29, 0.717) is 5.76 Å². The van der Waals surface area contributed by atoms with Crippen LogP contribution in [0.1, 0.15) is 50.5 Å². The lowest BCUT2D eigenvalue weighted by Crippen LogP contribution is -2.49. The number of benzene rings is 1. The van der Waals surface area contributed by atoms with Gasteiger partial charge < -0.3 is 14.8 Å². The molecule has 0 saturated carbocycles. The Balaban J connectivity index is 2.22. The molecule has 2 rings (SSSR count). The molecule has 1 unspecified atom stereocenters. The van der Waals surface area contributed by atoms with E-state index in [-0.39, 0.29) is 18.6 Å². The minimum Gasteiger partial charge on any atom is -0.466 e. The Kier molecular flexibility index (Phi) is 6.48. The van der Waals surface area contributed by atoms with Gasteiger partial charge in [-0.3, -0.25) is 4.90 Å². The molecular weight excluding hydrogens is 328 g/mol. The summed E-state index contributed by atoms with van der Waals surface area (Å²) < 4.78 is 5.28. The van der Waals surface area contributed by atoms with E-state index in [1.54, 1.807) is 24.0 Å². The van der Waals surface area contributed by atoms with Crippen LogP contribution < -0.4 is 10.2 Å². The fraction of sp³-hybridized carbons (Fsp3) is 0.476. The highest BCUT2D eigenvalue weighted by molar-refractivity contribution is 5.92. The molecule has 2 amide bonds. The molecule has 0 radical (unpaired) electrons. The standard InChI is InChI=1S/C21H30N2O3/c1-6-17(7-2)23(18-11-10-15(3)16(4)13-18)20(24)22-14-21(5,25)19-9-8-12-26-19/h8-13,17,25H,6-7,14H2,1-5H3,(H,22,24). The summed E-state index contributed by atoms with van der Waals surface area (Å²) in [5.41, 5.74) is 1.95. The van der Waals surface area contributed by atoms with Gasteiger partial charge in [-0.15, -0.1) is 0 Å². The van der Waals surface area contributed by atoms with Gasteiger partial charge in [-0.1, -0.05) is 19.9 Å². The second-order valence-corrected chi connectivity index (χ2v) is 7.02. The summed E-state index contributed by atoms with van der Waals surface area (Å²) in [4.78, 5) is 14.8. The molecule has 26 heavy (non-hydrogen) atoms. The molecule has 5 nitrogen and oxygen atoms in total. The molecule has 0 bridgehead atoms. The monoisotopic (exact) mass is 358 g/mol. The predicted octanol–water partition coefficient (Wildman–Crippen LogP) is 4.51.